The van der Waals surface area contributed by atoms with Crippen molar-refractivity contribution < 1.29 is 14.3 Å². The van der Waals surface area contributed by atoms with Gasteiger partial charge in [0.2, 0.25) is 6.41 Å². The van der Waals surface area contributed by atoms with E-state index < -0.39 is 0 Å². The van der Waals surface area contributed by atoms with E-state index in [0.29, 0.717) is 24.3 Å². The van der Waals surface area contributed by atoms with Gasteiger partial charge in [0.15, 0.2) is 0 Å². The Morgan fingerprint density at radius 1 is 1.00 bits per heavy atom. The number of hydrogen-bond donors (Lipinski definition) is 1. The molecule has 33 heavy (non-hydrogen) atoms. The minimum Gasteiger partial charge on any atom is -0.492 e. The lowest BCUT2D eigenvalue weighted by atomic mass is 10.0. The standard InChI is InChI=1S/C27H29N3O3/c1-29(23-10-12-24(13-11-23)33-18-17-30-15-5-6-16-30)27(32)25-14-9-22(19-26(25)28-20-31)21-7-3-2-4-8-21/h2-4,7-14,19-20H,5-6,15-18H2,1H3,(H,28,31). The summed E-state index contributed by atoms with van der Waals surface area (Å²) in [5.41, 5.74) is 3.59. The van der Waals surface area contributed by atoms with E-state index in [0.717, 1.165) is 42.2 Å². The van der Waals surface area contributed by atoms with Crippen LogP contribution in [0.15, 0.2) is 72.8 Å². The number of amides is 2. The summed E-state index contributed by atoms with van der Waals surface area (Å²) in [6.07, 6.45) is 3.14. The molecular formula is C27H29N3O3. The van der Waals surface area contributed by atoms with Crippen LogP contribution in [-0.2, 0) is 4.79 Å². The first-order valence-electron chi connectivity index (χ1n) is 11.3. The molecule has 6 nitrogen and oxygen atoms in total. The Morgan fingerprint density at radius 2 is 1.73 bits per heavy atom. The average Bonchev–Trinajstić information content (AvgIpc) is 3.38. The predicted molar refractivity (Wildman–Crippen MR) is 132 cm³/mol. The second kappa shape index (κ2) is 10.8. The molecule has 1 heterocycles. The summed E-state index contributed by atoms with van der Waals surface area (Å²) in [6, 6.07) is 22.8. The van der Waals surface area contributed by atoms with Crippen LogP contribution in [0.3, 0.4) is 0 Å². The van der Waals surface area contributed by atoms with E-state index in [9.17, 15) is 9.59 Å². The molecule has 0 atom stereocenters. The van der Waals surface area contributed by atoms with E-state index in [1.807, 2.05) is 66.7 Å². The topological polar surface area (TPSA) is 61.9 Å². The molecule has 3 aromatic rings. The van der Waals surface area contributed by atoms with Gasteiger partial charge < -0.3 is 15.0 Å². The molecule has 0 unspecified atom stereocenters. The quantitative estimate of drug-likeness (QED) is 0.488. The van der Waals surface area contributed by atoms with Gasteiger partial charge in [-0.05, 0) is 73.5 Å². The molecule has 3 aromatic carbocycles. The lowest BCUT2D eigenvalue weighted by Gasteiger charge is -2.20. The molecular weight excluding hydrogens is 414 g/mol. The molecule has 0 radical (unpaired) electrons. The van der Waals surface area contributed by atoms with Crippen LogP contribution < -0.4 is 15.0 Å². The molecule has 0 aromatic heterocycles. The number of nitrogens with zero attached hydrogens (tertiary/aromatic N) is 2. The van der Waals surface area contributed by atoms with E-state index in [1.165, 1.54) is 12.8 Å². The summed E-state index contributed by atoms with van der Waals surface area (Å²) in [4.78, 5) is 28.4. The van der Waals surface area contributed by atoms with Gasteiger partial charge in [-0.25, -0.2) is 0 Å². The Kier molecular flexibility index (Phi) is 7.37. The Labute approximate surface area is 194 Å². The van der Waals surface area contributed by atoms with Crippen LogP contribution in [0, 0.1) is 0 Å². The van der Waals surface area contributed by atoms with Crippen molar-refractivity contribution in [1.29, 1.82) is 0 Å². The van der Waals surface area contributed by atoms with Gasteiger partial charge >= 0.3 is 0 Å². The van der Waals surface area contributed by atoms with Crippen molar-refractivity contribution in [1.82, 2.24) is 4.90 Å². The summed E-state index contributed by atoms with van der Waals surface area (Å²) in [5, 5.41) is 2.68. The van der Waals surface area contributed by atoms with Crippen LogP contribution in [0.5, 0.6) is 5.75 Å². The zero-order chi connectivity index (χ0) is 23.0. The van der Waals surface area contributed by atoms with Gasteiger partial charge in [0.05, 0.1) is 11.3 Å². The average molecular weight is 444 g/mol. The third-order valence-electron chi connectivity index (χ3n) is 5.98. The van der Waals surface area contributed by atoms with Crippen molar-refractivity contribution in [2.45, 2.75) is 12.8 Å². The summed E-state index contributed by atoms with van der Waals surface area (Å²) >= 11 is 0. The highest BCUT2D eigenvalue weighted by molar-refractivity contribution is 6.10. The van der Waals surface area contributed by atoms with Crippen molar-refractivity contribution in [2.75, 3.05) is 43.5 Å². The number of anilines is 2. The first-order valence-corrected chi connectivity index (χ1v) is 11.3. The number of carbonyl (C=O) groups is 2. The third-order valence-corrected chi connectivity index (χ3v) is 5.98. The number of rotatable bonds is 9. The minimum atomic E-state index is -0.207. The summed E-state index contributed by atoms with van der Waals surface area (Å²) in [6.45, 7) is 3.90. The molecule has 1 saturated heterocycles. The maximum Gasteiger partial charge on any atom is 0.260 e. The molecule has 1 N–H and O–H groups in total. The van der Waals surface area contributed by atoms with Crippen LogP contribution in [0.2, 0.25) is 0 Å². The molecule has 0 spiro atoms. The zero-order valence-corrected chi connectivity index (χ0v) is 18.9. The van der Waals surface area contributed by atoms with E-state index in [-0.39, 0.29) is 5.91 Å². The molecule has 1 aliphatic rings. The zero-order valence-electron chi connectivity index (χ0n) is 18.9. The van der Waals surface area contributed by atoms with Crippen LogP contribution in [-0.4, -0.2) is 50.5 Å². The maximum atomic E-state index is 13.2. The molecule has 0 bridgehead atoms. The van der Waals surface area contributed by atoms with Gasteiger partial charge in [-0.3, -0.25) is 14.5 Å². The largest absolute Gasteiger partial charge is 0.492 e. The van der Waals surface area contributed by atoms with E-state index in [2.05, 4.69) is 10.2 Å². The van der Waals surface area contributed by atoms with Gasteiger partial charge in [-0.2, -0.15) is 0 Å². The van der Waals surface area contributed by atoms with E-state index in [1.54, 1.807) is 18.0 Å². The van der Waals surface area contributed by atoms with E-state index in [4.69, 9.17) is 4.74 Å². The lowest BCUT2D eigenvalue weighted by molar-refractivity contribution is -0.105. The predicted octanol–water partition coefficient (Wildman–Crippen LogP) is 4.67. The number of benzene rings is 3. The highest BCUT2D eigenvalue weighted by atomic mass is 16.5. The van der Waals surface area contributed by atoms with Crippen molar-refractivity contribution >= 4 is 23.7 Å². The van der Waals surface area contributed by atoms with Crippen LogP contribution >= 0.6 is 0 Å². The van der Waals surface area contributed by atoms with Crippen molar-refractivity contribution in [3.63, 3.8) is 0 Å². The molecule has 170 valence electrons. The summed E-state index contributed by atoms with van der Waals surface area (Å²) < 4.78 is 5.86. The van der Waals surface area contributed by atoms with Gasteiger partial charge in [0.1, 0.15) is 12.4 Å². The molecule has 1 fully saturated rings. The minimum absolute atomic E-state index is 0.207. The monoisotopic (exact) mass is 443 g/mol. The Bertz CT molecular complexity index is 1080. The highest BCUT2D eigenvalue weighted by Gasteiger charge is 2.18. The maximum absolute atomic E-state index is 13.2. The first-order chi connectivity index (χ1) is 16.2. The number of ether oxygens (including phenoxy) is 1. The second-order valence-corrected chi connectivity index (χ2v) is 8.14. The number of hydrogen-bond acceptors (Lipinski definition) is 4. The fourth-order valence-electron chi connectivity index (χ4n) is 4.09. The molecule has 0 saturated carbocycles. The van der Waals surface area contributed by atoms with Crippen molar-refractivity contribution in [3.8, 4) is 16.9 Å². The van der Waals surface area contributed by atoms with Crippen molar-refractivity contribution in [2.24, 2.45) is 0 Å². The lowest BCUT2D eigenvalue weighted by Crippen LogP contribution is -2.27. The van der Waals surface area contributed by atoms with Gasteiger partial charge in [-0.15, -0.1) is 0 Å². The first kappa shape index (κ1) is 22.6. The summed E-state index contributed by atoms with van der Waals surface area (Å²) in [7, 11) is 1.72. The Balaban J connectivity index is 1.44. The van der Waals surface area contributed by atoms with E-state index >= 15 is 0 Å². The Morgan fingerprint density at radius 3 is 2.42 bits per heavy atom. The van der Waals surface area contributed by atoms with Gasteiger partial charge in [0, 0.05) is 19.3 Å². The number of nitrogens with one attached hydrogen (secondary N) is 1. The SMILES string of the molecule is CN(C(=O)c1ccc(-c2ccccc2)cc1NC=O)c1ccc(OCCN2CCCC2)cc1. The molecule has 1 aliphatic heterocycles. The Hall–Kier alpha value is -3.64. The summed E-state index contributed by atoms with van der Waals surface area (Å²) in [5.74, 6) is 0.580. The molecule has 4 rings (SSSR count). The van der Waals surface area contributed by atoms with Crippen molar-refractivity contribution in [3.05, 3.63) is 78.4 Å². The molecule has 2 amide bonds. The number of likely N-dealkylation sites (tertiary alicyclic amines) is 1. The normalized spacial score (nSPS) is 13.5. The number of carbonyl (C=O) groups excluding carboxylic acids is 2. The fourth-order valence-corrected chi connectivity index (χ4v) is 4.09. The second-order valence-electron chi connectivity index (χ2n) is 8.14. The van der Waals surface area contributed by atoms with Crippen LogP contribution in [0.1, 0.15) is 23.2 Å². The van der Waals surface area contributed by atoms with Gasteiger partial charge in [0.25, 0.3) is 5.91 Å². The van der Waals surface area contributed by atoms with Crippen LogP contribution in [0.4, 0.5) is 11.4 Å². The molecule has 0 aliphatic carbocycles. The van der Waals surface area contributed by atoms with Gasteiger partial charge in [-0.1, -0.05) is 36.4 Å². The highest BCUT2D eigenvalue weighted by Crippen LogP contribution is 2.28. The molecule has 6 heteroatoms. The smallest absolute Gasteiger partial charge is 0.260 e. The third kappa shape index (κ3) is 5.59. The fraction of sp³-hybridized carbons (Fsp3) is 0.259. The van der Waals surface area contributed by atoms with Crippen LogP contribution in [0.25, 0.3) is 11.1 Å².